The number of carbonyl (C=O) groups excluding carboxylic acids is 1. The molecule has 1 amide bonds. The molecule has 0 aliphatic rings. The SMILES string of the molecule is O=C(NCCC(O)c1ccccc1)c1ccccc1Cn1cncn1. The lowest BCUT2D eigenvalue weighted by Crippen LogP contribution is -2.27. The number of hydrogen-bond acceptors (Lipinski definition) is 4. The van der Waals surface area contributed by atoms with E-state index in [1.54, 1.807) is 17.1 Å². The van der Waals surface area contributed by atoms with E-state index in [1.165, 1.54) is 6.33 Å². The Balaban J connectivity index is 1.58. The number of amides is 1. The smallest absolute Gasteiger partial charge is 0.251 e. The molecule has 6 heteroatoms. The van der Waals surface area contributed by atoms with Crippen LogP contribution in [0.15, 0.2) is 67.3 Å². The number of aliphatic hydroxyl groups excluding tert-OH is 1. The molecule has 25 heavy (non-hydrogen) atoms. The van der Waals surface area contributed by atoms with Gasteiger partial charge in [-0.15, -0.1) is 0 Å². The molecule has 1 heterocycles. The van der Waals surface area contributed by atoms with E-state index in [-0.39, 0.29) is 5.91 Å². The summed E-state index contributed by atoms with van der Waals surface area (Å²) >= 11 is 0. The Morgan fingerprint density at radius 2 is 1.88 bits per heavy atom. The van der Waals surface area contributed by atoms with Crippen LogP contribution in [0.4, 0.5) is 0 Å². The number of aliphatic hydroxyl groups is 1. The average Bonchev–Trinajstić information content (AvgIpc) is 3.16. The third-order valence-corrected chi connectivity index (χ3v) is 3.95. The lowest BCUT2D eigenvalue weighted by Gasteiger charge is -2.13. The molecule has 0 saturated heterocycles. The zero-order valence-electron chi connectivity index (χ0n) is 13.7. The molecule has 2 N–H and O–H groups in total. The van der Waals surface area contributed by atoms with E-state index in [0.29, 0.717) is 25.1 Å². The fourth-order valence-corrected chi connectivity index (χ4v) is 2.63. The minimum Gasteiger partial charge on any atom is -0.388 e. The van der Waals surface area contributed by atoms with E-state index in [2.05, 4.69) is 15.4 Å². The number of hydrogen-bond donors (Lipinski definition) is 2. The van der Waals surface area contributed by atoms with Gasteiger partial charge >= 0.3 is 0 Å². The molecule has 1 atom stereocenters. The average molecular weight is 336 g/mol. The normalized spacial score (nSPS) is 11.9. The molecule has 3 aromatic rings. The van der Waals surface area contributed by atoms with Crippen LogP contribution in [-0.2, 0) is 6.54 Å². The molecule has 128 valence electrons. The number of aromatic nitrogens is 3. The highest BCUT2D eigenvalue weighted by Crippen LogP contribution is 2.15. The molecule has 1 unspecified atom stereocenters. The van der Waals surface area contributed by atoms with Gasteiger partial charge in [-0.1, -0.05) is 48.5 Å². The van der Waals surface area contributed by atoms with Crippen LogP contribution in [0.1, 0.15) is 34.0 Å². The van der Waals surface area contributed by atoms with Crippen molar-refractivity contribution in [1.29, 1.82) is 0 Å². The van der Waals surface area contributed by atoms with Gasteiger partial charge in [0.1, 0.15) is 12.7 Å². The summed E-state index contributed by atoms with van der Waals surface area (Å²) in [7, 11) is 0. The Morgan fingerprint density at radius 3 is 2.64 bits per heavy atom. The minimum absolute atomic E-state index is 0.157. The molecule has 3 rings (SSSR count). The van der Waals surface area contributed by atoms with Gasteiger partial charge in [0.15, 0.2) is 0 Å². The molecule has 1 aromatic heterocycles. The number of benzene rings is 2. The Bertz CT molecular complexity index is 803. The maximum absolute atomic E-state index is 12.5. The molecule has 0 aliphatic heterocycles. The van der Waals surface area contributed by atoms with Crippen LogP contribution >= 0.6 is 0 Å². The van der Waals surface area contributed by atoms with Crippen LogP contribution in [0.5, 0.6) is 0 Å². The van der Waals surface area contributed by atoms with Gasteiger partial charge in [-0.2, -0.15) is 5.10 Å². The first-order valence-electron chi connectivity index (χ1n) is 8.15. The molecule has 0 saturated carbocycles. The Kier molecular flexibility index (Phi) is 5.53. The minimum atomic E-state index is -0.591. The molecule has 0 radical (unpaired) electrons. The topological polar surface area (TPSA) is 80.0 Å². The summed E-state index contributed by atoms with van der Waals surface area (Å²) in [5.41, 5.74) is 2.32. The first kappa shape index (κ1) is 16.9. The zero-order chi connectivity index (χ0) is 17.5. The number of rotatable bonds is 7. The van der Waals surface area contributed by atoms with E-state index in [0.717, 1.165) is 11.1 Å². The van der Waals surface area contributed by atoms with Gasteiger partial charge in [-0.05, 0) is 23.6 Å². The van der Waals surface area contributed by atoms with E-state index >= 15 is 0 Å². The van der Waals surface area contributed by atoms with Gasteiger partial charge in [0.25, 0.3) is 5.91 Å². The van der Waals surface area contributed by atoms with E-state index in [1.807, 2.05) is 48.5 Å². The third-order valence-electron chi connectivity index (χ3n) is 3.95. The van der Waals surface area contributed by atoms with Gasteiger partial charge in [-0.25, -0.2) is 9.67 Å². The van der Waals surface area contributed by atoms with Crippen LogP contribution in [0.2, 0.25) is 0 Å². The van der Waals surface area contributed by atoms with Gasteiger partial charge in [0.2, 0.25) is 0 Å². The monoisotopic (exact) mass is 336 g/mol. The summed E-state index contributed by atoms with van der Waals surface area (Å²) in [6.45, 7) is 0.878. The summed E-state index contributed by atoms with van der Waals surface area (Å²) in [4.78, 5) is 16.4. The predicted molar refractivity (Wildman–Crippen MR) is 93.9 cm³/mol. The highest BCUT2D eigenvalue weighted by molar-refractivity contribution is 5.95. The maximum atomic E-state index is 12.5. The van der Waals surface area contributed by atoms with Crippen molar-refractivity contribution >= 4 is 5.91 Å². The van der Waals surface area contributed by atoms with Gasteiger partial charge in [-0.3, -0.25) is 4.79 Å². The summed E-state index contributed by atoms with van der Waals surface area (Å²) < 4.78 is 1.67. The number of nitrogens with zero attached hydrogens (tertiary/aromatic N) is 3. The Labute approximate surface area is 146 Å². The molecule has 2 aromatic carbocycles. The fourth-order valence-electron chi connectivity index (χ4n) is 2.63. The first-order valence-corrected chi connectivity index (χ1v) is 8.15. The second kappa shape index (κ2) is 8.21. The standard InChI is InChI=1S/C19H20N4O2/c24-18(15-6-2-1-3-7-15)10-11-21-19(25)17-9-5-4-8-16(17)12-23-14-20-13-22-23/h1-9,13-14,18,24H,10-12H2,(H,21,25). The molecular weight excluding hydrogens is 316 g/mol. The van der Waals surface area contributed by atoms with Gasteiger partial charge in [0.05, 0.1) is 12.6 Å². The molecule has 0 spiro atoms. The molecular formula is C19H20N4O2. The summed E-state index contributed by atoms with van der Waals surface area (Å²) in [6, 6.07) is 16.8. The summed E-state index contributed by atoms with van der Waals surface area (Å²) in [5.74, 6) is -0.157. The van der Waals surface area contributed by atoms with Crippen LogP contribution in [0, 0.1) is 0 Å². The molecule has 0 bridgehead atoms. The third kappa shape index (κ3) is 4.51. The quantitative estimate of drug-likeness (QED) is 0.693. The number of nitrogens with one attached hydrogen (secondary N) is 1. The second-order valence-corrected chi connectivity index (χ2v) is 5.72. The molecule has 0 aliphatic carbocycles. The van der Waals surface area contributed by atoms with Crippen molar-refractivity contribution in [2.45, 2.75) is 19.1 Å². The maximum Gasteiger partial charge on any atom is 0.251 e. The van der Waals surface area contributed by atoms with Crippen molar-refractivity contribution in [2.24, 2.45) is 0 Å². The summed E-state index contributed by atoms with van der Waals surface area (Å²) in [5, 5.41) is 17.1. The Morgan fingerprint density at radius 1 is 1.12 bits per heavy atom. The largest absolute Gasteiger partial charge is 0.388 e. The van der Waals surface area contributed by atoms with E-state index in [4.69, 9.17) is 0 Å². The van der Waals surface area contributed by atoms with Crippen molar-refractivity contribution in [1.82, 2.24) is 20.1 Å². The highest BCUT2D eigenvalue weighted by atomic mass is 16.3. The number of carbonyl (C=O) groups is 1. The van der Waals surface area contributed by atoms with Crippen molar-refractivity contribution in [2.75, 3.05) is 6.54 Å². The molecule has 6 nitrogen and oxygen atoms in total. The predicted octanol–water partition coefficient (Wildman–Crippen LogP) is 2.18. The van der Waals surface area contributed by atoms with Crippen molar-refractivity contribution in [3.8, 4) is 0 Å². The van der Waals surface area contributed by atoms with Crippen LogP contribution < -0.4 is 5.32 Å². The van der Waals surface area contributed by atoms with Crippen molar-refractivity contribution in [3.05, 3.63) is 83.9 Å². The molecule has 0 fully saturated rings. The second-order valence-electron chi connectivity index (χ2n) is 5.72. The zero-order valence-corrected chi connectivity index (χ0v) is 13.7. The fraction of sp³-hybridized carbons (Fsp3) is 0.211. The van der Waals surface area contributed by atoms with Crippen LogP contribution in [0.3, 0.4) is 0 Å². The van der Waals surface area contributed by atoms with Gasteiger partial charge in [0, 0.05) is 12.1 Å². The van der Waals surface area contributed by atoms with Crippen molar-refractivity contribution in [3.63, 3.8) is 0 Å². The lowest BCUT2D eigenvalue weighted by atomic mass is 10.1. The highest BCUT2D eigenvalue weighted by Gasteiger charge is 2.12. The van der Waals surface area contributed by atoms with E-state index in [9.17, 15) is 9.90 Å². The first-order chi connectivity index (χ1) is 12.2. The lowest BCUT2D eigenvalue weighted by molar-refractivity contribution is 0.0941. The Hall–Kier alpha value is -2.99. The van der Waals surface area contributed by atoms with Crippen LogP contribution in [-0.4, -0.2) is 32.3 Å². The van der Waals surface area contributed by atoms with Crippen LogP contribution in [0.25, 0.3) is 0 Å². The van der Waals surface area contributed by atoms with E-state index < -0.39 is 6.10 Å². The summed E-state index contributed by atoms with van der Waals surface area (Å²) in [6.07, 6.45) is 2.95. The van der Waals surface area contributed by atoms with Gasteiger partial charge < -0.3 is 10.4 Å². The van der Waals surface area contributed by atoms with Crippen molar-refractivity contribution < 1.29 is 9.90 Å².